The number of nitrogens with one attached hydrogen (secondary N) is 2. The van der Waals surface area contributed by atoms with E-state index in [1.165, 1.54) is 0 Å². The molecule has 2 aromatic rings. The number of carbonyl (C=O) groups is 1. The number of hydrogen-bond donors (Lipinski definition) is 4. The number of hydrogen-bond acceptors (Lipinski definition) is 6. The van der Waals surface area contributed by atoms with Crippen molar-refractivity contribution in [2.75, 3.05) is 6.54 Å². The molecular formula is C18H25N5O3. The van der Waals surface area contributed by atoms with E-state index in [1.807, 2.05) is 23.7 Å². The van der Waals surface area contributed by atoms with Crippen LogP contribution in [0.1, 0.15) is 32.0 Å². The van der Waals surface area contributed by atoms with Crippen LogP contribution in [0.25, 0.3) is 11.3 Å². The van der Waals surface area contributed by atoms with Crippen molar-refractivity contribution in [3.8, 4) is 11.3 Å². The van der Waals surface area contributed by atoms with Gasteiger partial charge in [-0.05, 0) is 38.5 Å². The standard InChI is InChI=1S/C18H25N5O3/c1-3-23-16(6-7-21-23)12-4-5-14(19-9-12)17(11(2)24)22-18(26)15-8-13(25)10-20-15/h4-7,9,11,13,15,17,20,24-25H,3,8,10H2,1-2H3,(H,22,26)/t11-,13?,15?,17-/m0/s1. The highest BCUT2D eigenvalue weighted by molar-refractivity contribution is 5.82. The van der Waals surface area contributed by atoms with Crippen LogP contribution >= 0.6 is 0 Å². The maximum absolute atomic E-state index is 12.4. The lowest BCUT2D eigenvalue weighted by molar-refractivity contribution is -0.124. The predicted octanol–water partition coefficient (Wildman–Crippen LogP) is 0.226. The van der Waals surface area contributed by atoms with Crippen LogP contribution in [0.4, 0.5) is 0 Å². The third-order valence-corrected chi connectivity index (χ3v) is 4.62. The zero-order chi connectivity index (χ0) is 18.7. The molecule has 26 heavy (non-hydrogen) atoms. The fraction of sp³-hybridized carbons (Fsp3) is 0.500. The Bertz CT molecular complexity index is 744. The fourth-order valence-electron chi connectivity index (χ4n) is 3.18. The van der Waals surface area contributed by atoms with E-state index < -0.39 is 24.3 Å². The van der Waals surface area contributed by atoms with E-state index >= 15 is 0 Å². The summed E-state index contributed by atoms with van der Waals surface area (Å²) in [5.74, 6) is -0.248. The molecule has 8 heteroatoms. The Kier molecular flexibility index (Phi) is 5.65. The summed E-state index contributed by atoms with van der Waals surface area (Å²) >= 11 is 0. The zero-order valence-electron chi connectivity index (χ0n) is 15.0. The molecule has 0 bridgehead atoms. The van der Waals surface area contributed by atoms with Crippen LogP contribution in [-0.4, -0.2) is 55.7 Å². The number of aryl methyl sites for hydroxylation is 1. The number of β-amino-alcohol motifs (C(OH)–C–C–N with tert-alkyl or cyclic N) is 1. The predicted molar refractivity (Wildman–Crippen MR) is 96.1 cm³/mol. The zero-order valence-corrected chi connectivity index (χ0v) is 15.0. The van der Waals surface area contributed by atoms with Crippen molar-refractivity contribution >= 4 is 5.91 Å². The van der Waals surface area contributed by atoms with Crippen molar-refractivity contribution in [1.29, 1.82) is 0 Å². The van der Waals surface area contributed by atoms with Gasteiger partial charge in [0.2, 0.25) is 5.91 Å². The fourth-order valence-corrected chi connectivity index (χ4v) is 3.18. The lowest BCUT2D eigenvalue weighted by Crippen LogP contribution is -2.44. The second-order valence-corrected chi connectivity index (χ2v) is 6.58. The lowest BCUT2D eigenvalue weighted by Gasteiger charge is -2.23. The third kappa shape index (κ3) is 3.92. The molecule has 140 valence electrons. The number of pyridine rings is 1. The average molecular weight is 359 g/mol. The van der Waals surface area contributed by atoms with Crippen LogP contribution < -0.4 is 10.6 Å². The van der Waals surface area contributed by atoms with Gasteiger partial charge in [0.15, 0.2) is 0 Å². The minimum atomic E-state index is -0.801. The van der Waals surface area contributed by atoms with Crippen molar-refractivity contribution in [2.24, 2.45) is 0 Å². The van der Waals surface area contributed by atoms with Crippen LogP contribution in [0, 0.1) is 0 Å². The number of nitrogens with zero attached hydrogens (tertiary/aromatic N) is 3. The molecule has 1 amide bonds. The number of amides is 1. The molecule has 1 fully saturated rings. The summed E-state index contributed by atoms with van der Waals surface area (Å²) in [4.78, 5) is 16.8. The van der Waals surface area contributed by atoms with Gasteiger partial charge in [0.05, 0.1) is 35.7 Å². The molecule has 2 unspecified atom stereocenters. The monoisotopic (exact) mass is 359 g/mol. The van der Waals surface area contributed by atoms with Gasteiger partial charge in [0.1, 0.15) is 0 Å². The van der Waals surface area contributed by atoms with Crippen LogP contribution in [-0.2, 0) is 11.3 Å². The molecule has 2 aromatic heterocycles. The molecule has 1 aliphatic rings. The Morgan fingerprint density at radius 1 is 1.46 bits per heavy atom. The van der Waals surface area contributed by atoms with E-state index in [2.05, 4.69) is 20.7 Å². The van der Waals surface area contributed by atoms with E-state index in [9.17, 15) is 15.0 Å². The Balaban J connectivity index is 1.75. The largest absolute Gasteiger partial charge is 0.392 e. The Hall–Kier alpha value is -2.29. The molecule has 0 radical (unpaired) electrons. The lowest BCUT2D eigenvalue weighted by atomic mass is 10.1. The van der Waals surface area contributed by atoms with Gasteiger partial charge >= 0.3 is 0 Å². The molecule has 4 N–H and O–H groups in total. The molecule has 1 saturated heterocycles. The van der Waals surface area contributed by atoms with E-state index in [-0.39, 0.29) is 5.91 Å². The topological polar surface area (TPSA) is 112 Å². The molecule has 0 aromatic carbocycles. The third-order valence-electron chi connectivity index (χ3n) is 4.62. The molecule has 3 heterocycles. The summed E-state index contributed by atoms with van der Waals surface area (Å²) in [6.45, 7) is 4.79. The molecule has 4 atom stereocenters. The smallest absolute Gasteiger partial charge is 0.237 e. The van der Waals surface area contributed by atoms with Crippen molar-refractivity contribution in [3.63, 3.8) is 0 Å². The van der Waals surface area contributed by atoms with Gasteiger partial charge in [-0.2, -0.15) is 5.10 Å². The van der Waals surface area contributed by atoms with E-state index in [1.54, 1.807) is 25.4 Å². The van der Waals surface area contributed by atoms with Crippen LogP contribution in [0.5, 0.6) is 0 Å². The van der Waals surface area contributed by atoms with Gasteiger partial charge < -0.3 is 20.8 Å². The van der Waals surface area contributed by atoms with Crippen molar-refractivity contribution < 1.29 is 15.0 Å². The van der Waals surface area contributed by atoms with E-state index in [0.717, 1.165) is 17.8 Å². The Labute approximate surface area is 152 Å². The van der Waals surface area contributed by atoms with Gasteiger partial charge in [-0.15, -0.1) is 0 Å². The van der Waals surface area contributed by atoms with E-state index in [0.29, 0.717) is 18.7 Å². The first kappa shape index (κ1) is 18.5. The minimum absolute atomic E-state index is 0.248. The normalized spacial score (nSPS) is 22.2. The van der Waals surface area contributed by atoms with Crippen LogP contribution in [0.3, 0.4) is 0 Å². The molecule has 0 aliphatic carbocycles. The van der Waals surface area contributed by atoms with Gasteiger partial charge in [-0.25, -0.2) is 0 Å². The van der Waals surface area contributed by atoms with Gasteiger partial charge in [-0.1, -0.05) is 0 Å². The highest BCUT2D eigenvalue weighted by atomic mass is 16.3. The highest BCUT2D eigenvalue weighted by Crippen LogP contribution is 2.22. The number of aromatic nitrogens is 3. The summed E-state index contributed by atoms with van der Waals surface area (Å²) in [6.07, 6.45) is 2.51. The Morgan fingerprint density at radius 2 is 2.27 bits per heavy atom. The van der Waals surface area contributed by atoms with Gasteiger partial charge in [-0.3, -0.25) is 14.5 Å². The summed E-state index contributed by atoms with van der Waals surface area (Å²) in [7, 11) is 0. The second kappa shape index (κ2) is 7.94. The molecule has 3 rings (SSSR count). The summed E-state index contributed by atoms with van der Waals surface area (Å²) < 4.78 is 1.88. The van der Waals surface area contributed by atoms with Crippen LogP contribution in [0.2, 0.25) is 0 Å². The average Bonchev–Trinajstić information content (AvgIpc) is 3.28. The first-order valence-corrected chi connectivity index (χ1v) is 8.87. The molecular weight excluding hydrogens is 334 g/mol. The minimum Gasteiger partial charge on any atom is -0.392 e. The number of aliphatic hydroxyl groups is 2. The number of rotatable bonds is 6. The maximum Gasteiger partial charge on any atom is 0.237 e. The van der Waals surface area contributed by atoms with Crippen molar-refractivity contribution in [3.05, 3.63) is 36.3 Å². The number of carbonyl (C=O) groups excluding carboxylic acids is 1. The van der Waals surface area contributed by atoms with E-state index in [4.69, 9.17) is 0 Å². The Morgan fingerprint density at radius 3 is 2.85 bits per heavy atom. The molecule has 0 saturated carbocycles. The second-order valence-electron chi connectivity index (χ2n) is 6.58. The van der Waals surface area contributed by atoms with Crippen molar-refractivity contribution in [1.82, 2.24) is 25.4 Å². The first-order valence-electron chi connectivity index (χ1n) is 8.87. The summed E-state index contributed by atoms with van der Waals surface area (Å²) in [5.41, 5.74) is 2.47. The quantitative estimate of drug-likeness (QED) is 0.587. The molecule has 8 nitrogen and oxygen atoms in total. The number of aliphatic hydroxyl groups excluding tert-OH is 2. The van der Waals surface area contributed by atoms with Crippen molar-refractivity contribution in [2.45, 2.75) is 51.1 Å². The summed E-state index contributed by atoms with van der Waals surface area (Å²) in [5, 5.41) is 29.7. The molecule has 0 spiro atoms. The SMILES string of the molecule is CCn1nccc1-c1ccc([C@@H](NC(=O)C2CC(O)CN2)[C@H](C)O)nc1. The summed E-state index contributed by atoms with van der Waals surface area (Å²) in [6, 6.07) is 4.56. The molecule has 1 aliphatic heterocycles. The van der Waals surface area contributed by atoms with Crippen LogP contribution in [0.15, 0.2) is 30.6 Å². The maximum atomic E-state index is 12.4. The first-order chi connectivity index (χ1) is 12.5. The van der Waals surface area contributed by atoms with Gasteiger partial charge in [0.25, 0.3) is 0 Å². The highest BCUT2D eigenvalue weighted by Gasteiger charge is 2.31. The van der Waals surface area contributed by atoms with Gasteiger partial charge in [0, 0.05) is 31.0 Å².